The van der Waals surface area contributed by atoms with Crippen molar-refractivity contribution < 1.29 is 14.3 Å². The van der Waals surface area contributed by atoms with Gasteiger partial charge in [0.15, 0.2) is 6.61 Å². The molecule has 0 atom stereocenters. The van der Waals surface area contributed by atoms with Crippen LogP contribution in [0.15, 0.2) is 59.4 Å². The molecule has 1 aromatic heterocycles. The van der Waals surface area contributed by atoms with E-state index in [-0.39, 0.29) is 24.6 Å². The summed E-state index contributed by atoms with van der Waals surface area (Å²) in [4.78, 5) is 26.8. The number of aromatic amines is 1. The number of hydrogen-bond donors (Lipinski definition) is 2. The molecule has 1 heterocycles. The maximum Gasteiger partial charge on any atom is 0.258 e. The fourth-order valence-corrected chi connectivity index (χ4v) is 2.39. The van der Waals surface area contributed by atoms with Gasteiger partial charge in [-0.1, -0.05) is 18.2 Å². The van der Waals surface area contributed by atoms with Gasteiger partial charge in [-0.2, -0.15) is 0 Å². The zero-order chi connectivity index (χ0) is 17.6. The molecular weight excluding hydrogens is 320 g/mol. The molecule has 0 bridgehead atoms. The van der Waals surface area contributed by atoms with Crippen LogP contribution in [0, 0.1) is 0 Å². The van der Waals surface area contributed by atoms with E-state index in [0.29, 0.717) is 22.6 Å². The van der Waals surface area contributed by atoms with Crippen LogP contribution >= 0.6 is 0 Å². The number of nitrogens with one attached hydrogen (secondary N) is 2. The maximum absolute atomic E-state index is 12.1. The SMILES string of the molecule is COc1ccc2cc(CNC(=O)COc3ccccc3)c(=O)[nH]c2c1. The minimum Gasteiger partial charge on any atom is -0.497 e. The van der Waals surface area contributed by atoms with Gasteiger partial charge in [0.05, 0.1) is 12.6 Å². The molecule has 25 heavy (non-hydrogen) atoms. The first-order chi connectivity index (χ1) is 12.2. The van der Waals surface area contributed by atoms with Crippen molar-refractivity contribution in [3.05, 3.63) is 70.5 Å². The van der Waals surface area contributed by atoms with Crippen LogP contribution in [0.5, 0.6) is 11.5 Å². The van der Waals surface area contributed by atoms with Gasteiger partial charge in [0.25, 0.3) is 11.5 Å². The molecule has 0 spiro atoms. The zero-order valence-corrected chi connectivity index (χ0v) is 13.7. The van der Waals surface area contributed by atoms with E-state index in [2.05, 4.69) is 10.3 Å². The number of hydrogen-bond acceptors (Lipinski definition) is 4. The van der Waals surface area contributed by atoms with E-state index in [1.807, 2.05) is 30.3 Å². The number of fused-ring (bicyclic) bond motifs is 1. The Labute approximate surface area is 144 Å². The molecule has 6 nitrogen and oxygen atoms in total. The van der Waals surface area contributed by atoms with Crippen molar-refractivity contribution in [2.24, 2.45) is 0 Å². The van der Waals surface area contributed by atoms with Crippen LogP contribution in [-0.4, -0.2) is 24.6 Å². The molecule has 0 saturated carbocycles. The van der Waals surface area contributed by atoms with Crippen molar-refractivity contribution >= 4 is 16.8 Å². The summed E-state index contributed by atoms with van der Waals surface area (Å²) < 4.78 is 10.5. The maximum atomic E-state index is 12.1. The van der Waals surface area contributed by atoms with Crippen LogP contribution in [-0.2, 0) is 11.3 Å². The van der Waals surface area contributed by atoms with Crippen molar-refractivity contribution in [3.8, 4) is 11.5 Å². The van der Waals surface area contributed by atoms with Crippen molar-refractivity contribution in [3.63, 3.8) is 0 Å². The van der Waals surface area contributed by atoms with E-state index in [1.165, 1.54) is 0 Å². The topological polar surface area (TPSA) is 80.4 Å². The zero-order valence-electron chi connectivity index (χ0n) is 13.7. The van der Waals surface area contributed by atoms with Crippen molar-refractivity contribution in [2.75, 3.05) is 13.7 Å². The number of amides is 1. The lowest BCUT2D eigenvalue weighted by Crippen LogP contribution is -2.30. The summed E-state index contributed by atoms with van der Waals surface area (Å²) in [5.74, 6) is 0.996. The number of carbonyl (C=O) groups is 1. The standard InChI is InChI=1S/C19H18N2O4/c1-24-16-8-7-13-9-14(19(23)21-17(13)10-16)11-20-18(22)12-25-15-5-3-2-4-6-15/h2-10H,11-12H2,1H3,(H,20,22)(H,21,23). The first-order valence-electron chi connectivity index (χ1n) is 7.80. The summed E-state index contributed by atoms with van der Waals surface area (Å²) in [6, 6.07) is 16.3. The number of methoxy groups -OCH3 is 1. The van der Waals surface area contributed by atoms with Crippen LogP contribution in [0.25, 0.3) is 10.9 Å². The van der Waals surface area contributed by atoms with Gasteiger partial charge in [0.2, 0.25) is 0 Å². The van der Waals surface area contributed by atoms with E-state index < -0.39 is 0 Å². The van der Waals surface area contributed by atoms with Gasteiger partial charge >= 0.3 is 0 Å². The molecule has 0 saturated heterocycles. The molecule has 3 rings (SSSR count). The second kappa shape index (κ2) is 7.53. The summed E-state index contributed by atoms with van der Waals surface area (Å²) >= 11 is 0. The van der Waals surface area contributed by atoms with Crippen LogP contribution in [0.3, 0.4) is 0 Å². The number of carbonyl (C=O) groups excluding carboxylic acids is 1. The lowest BCUT2D eigenvalue weighted by atomic mass is 10.1. The number of para-hydroxylation sites is 1. The molecule has 0 fully saturated rings. The summed E-state index contributed by atoms with van der Waals surface area (Å²) in [6.07, 6.45) is 0. The van der Waals surface area contributed by atoms with Gasteiger partial charge < -0.3 is 19.8 Å². The van der Waals surface area contributed by atoms with E-state index in [0.717, 1.165) is 5.39 Å². The minimum atomic E-state index is -0.293. The lowest BCUT2D eigenvalue weighted by Gasteiger charge is -2.08. The van der Waals surface area contributed by atoms with Crippen LogP contribution in [0.2, 0.25) is 0 Å². The van der Waals surface area contributed by atoms with Crippen molar-refractivity contribution in [1.82, 2.24) is 10.3 Å². The fraction of sp³-hybridized carbons (Fsp3) is 0.158. The van der Waals surface area contributed by atoms with Crippen molar-refractivity contribution in [2.45, 2.75) is 6.54 Å². The largest absolute Gasteiger partial charge is 0.497 e. The third-order valence-electron chi connectivity index (χ3n) is 3.72. The Hall–Kier alpha value is -3.28. The monoisotopic (exact) mass is 338 g/mol. The second-order valence-electron chi connectivity index (χ2n) is 5.46. The van der Waals surface area contributed by atoms with Crippen LogP contribution < -0.4 is 20.3 Å². The molecule has 1 amide bonds. The van der Waals surface area contributed by atoms with Crippen LogP contribution in [0.4, 0.5) is 0 Å². The predicted octanol–water partition coefficient (Wildman–Crippen LogP) is 2.23. The molecule has 0 aliphatic rings. The Kier molecular flexibility index (Phi) is 4.99. The molecule has 6 heteroatoms. The number of aromatic nitrogens is 1. The van der Waals surface area contributed by atoms with Gasteiger partial charge in [0.1, 0.15) is 11.5 Å². The molecular formula is C19H18N2O4. The highest BCUT2D eigenvalue weighted by Crippen LogP contribution is 2.18. The number of H-pyrrole nitrogens is 1. The van der Waals surface area contributed by atoms with Crippen LogP contribution in [0.1, 0.15) is 5.56 Å². The predicted molar refractivity (Wildman–Crippen MR) is 94.9 cm³/mol. The Balaban J connectivity index is 1.63. The molecule has 3 aromatic rings. The summed E-state index contributed by atoms with van der Waals surface area (Å²) in [5.41, 5.74) is 0.919. The highest BCUT2D eigenvalue weighted by molar-refractivity contribution is 5.81. The normalized spacial score (nSPS) is 10.4. The molecule has 0 aliphatic heterocycles. The third kappa shape index (κ3) is 4.17. The molecule has 0 radical (unpaired) electrons. The first kappa shape index (κ1) is 16.6. The summed E-state index contributed by atoms with van der Waals surface area (Å²) in [7, 11) is 1.57. The average molecular weight is 338 g/mol. The molecule has 0 aliphatic carbocycles. The highest BCUT2D eigenvalue weighted by Gasteiger charge is 2.07. The minimum absolute atomic E-state index is 0.104. The van der Waals surface area contributed by atoms with Gasteiger partial charge in [-0.05, 0) is 35.7 Å². The van der Waals surface area contributed by atoms with Gasteiger partial charge in [-0.25, -0.2) is 0 Å². The Morgan fingerprint density at radius 1 is 1.08 bits per heavy atom. The number of rotatable bonds is 6. The van der Waals surface area contributed by atoms with Gasteiger partial charge in [-0.3, -0.25) is 9.59 Å². The number of ether oxygens (including phenoxy) is 2. The average Bonchev–Trinajstić information content (AvgIpc) is 2.65. The quantitative estimate of drug-likeness (QED) is 0.722. The summed E-state index contributed by atoms with van der Waals surface area (Å²) in [6.45, 7) is 0.0288. The Morgan fingerprint density at radius 3 is 2.64 bits per heavy atom. The first-order valence-corrected chi connectivity index (χ1v) is 7.80. The van der Waals surface area contributed by atoms with E-state index in [1.54, 1.807) is 31.4 Å². The smallest absolute Gasteiger partial charge is 0.258 e. The summed E-state index contributed by atoms with van der Waals surface area (Å²) in [5, 5.41) is 3.55. The van der Waals surface area contributed by atoms with E-state index in [4.69, 9.17) is 9.47 Å². The highest BCUT2D eigenvalue weighted by atomic mass is 16.5. The lowest BCUT2D eigenvalue weighted by molar-refractivity contribution is -0.123. The van der Waals surface area contributed by atoms with Gasteiger partial charge in [0, 0.05) is 18.2 Å². The molecule has 2 aromatic carbocycles. The molecule has 128 valence electrons. The van der Waals surface area contributed by atoms with E-state index >= 15 is 0 Å². The third-order valence-corrected chi connectivity index (χ3v) is 3.72. The van der Waals surface area contributed by atoms with Gasteiger partial charge in [-0.15, -0.1) is 0 Å². The molecule has 2 N–H and O–H groups in total. The van der Waals surface area contributed by atoms with E-state index in [9.17, 15) is 9.59 Å². The number of benzene rings is 2. The fourth-order valence-electron chi connectivity index (χ4n) is 2.39. The number of pyridine rings is 1. The molecule has 0 unspecified atom stereocenters. The Bertz CT molecular complexity index is 935. The van der Waals surface area contributed by atoms with Crippen molar-refractivity contribution in [1.29, 1.82) is 0 Å². The second-order valence-corrected chi connectivity index (χ2v) is 5.46. The Morgan fingerprint density at radius 2 is 1.88 bits per heavy atom.